The first-order valence-electron chi connectivity index (χ1n) is 7.99. The molecule has 0 saturated carbocycles. The summed E-state index contributed by atoms with van der Waals surface area (Å²) in [5, 5.41) is 12.6. The lowest BCUT2D eigenvalue weighted by Crippen LogP contribution is -2.41. The lowest BCUT2D eigenvalue weighted by Gasteiger charge is -2.07. The number of aryl methyl sites for hydroxylation is 1. The van der Waals surface area contributed by atoms with Gasteiger partial charge in [0.15, 0.2) is 0 Å². The molecule has 0 bridgehead atoms. The molecule has 0 fully saturated rings. The highest BCUT2D eigenvalue weighted by Gasteiger charge is 2.30. The van der Waals surface area contributed by atoms with Crippen LogP contribution in [0, 0.1) is 11.3 Å². The molecule has 0 radical (unpaired) electrons. The summed E-state index contributed by atoms with van der Waals surface area (Å²) < 4.78 is 45.4. The zero-order valence-corrected chi connectivity index (χ0v) is 14.4. The lowest BCUT2D eigenvalue weighted by atomic mass is 10.1. The average molecular weight is 391 g/mol. The maximum atomic E-state index is 12.8. The van der Waals surface area contributed by atoms with Gasteiger partial charge in [-0.1, -0.05) is 17.3 Å². The van der Waals surface area contributed by atoms with Crippen molar-refractivity contribution in [3.63, 3.8) is 0 Å². The molecule has 0 aliphatic heterocycles. The summed E-state index contributed by atoms with van der Waals surface area (Å²) in [5.74, 6) is -0.286. The Hall–Kier alpha value is -3.68. The van der Waals surface area contributed by atoms with Gasteiger partial charge in [0, 0.05) is 18.3 Å². The quantitative estimate of drug-likeness (QED) is 0.674. The van der Waals surface area contributed by atoms with E-state index in [1.165, 1.54) is 16.7 Å². The summed E-state index contributed by atoms with van der Waals surface area (Å²) in [7, 11) is 0. The maximum absolute atomic E-state index is 12.8. The second-order valence-corrected chi connectivity index (χ2v) is 5.70. The summed E-state index contributed by atoms with van der Waals surface area (Å²) in [6.07, 6.45) is -3.37. The number of alkyl halides is 3. The van der Waals surface area contributed by atoms with Gasteiger partial charge in [-0.2, -0.15) is 23.4 Å². The number of benzene rings is 1. The van der Waals surface area contributed by atoms with Crippen LogP contribution in [-0.2, 0) is 19.3 Å². The Morgan fingerprint density at radius 2 is 2.04 bits per heavy atom. The van der Waals surface area contributed by atoms with Crippen molar-refractivity contribution in [1.82, 2.24) is 19.3 Å². The molecule has 0 spiro atoms. The van der Waals surface area contributed by atoms with Crippen LogP contribution in [0.15, 0.2) is 44.6 Å². The molecular weight excluding hydrogens is 379 g/mol. The van der Waals surface area contributed by atoms with Gasteiger partial charge < -0.3 is 4.52 Å². The molecule has 8 nitrogen and oxygen atoms in total. The first-order chi connectivity index (χ1) is 13.2. The molecule has 3 aromatic rings. The zero-order valence-electron chi connectivity index (χ0n) is 14.4. The third-order valence-electron chi connectivity index (χ3n) is 3.91. The Morgan fingerprint density at radius 3 is 2.68 bits per heavy atom. The van der Waals surface area contributed by atoms with E-state index in [-0.39, 0.29) is 29.4 Å². The molecule has 0 atom stereocenters. The lowest BCUT2D eigenvalue weighted by molar-refractivity contribution is -0.137. The number of halogens is 3. The van der Waals surface area contributed by atoms with E-state index in [2.05, 4.69) is 10.1 Å². The van der Waals surface area contributed by atoms with E-state index >= 15 is 0 Å². The van der Waals surface area contributed by atoms with E-state index < -0.39 is 29.5 Å². The van der Waals surface area contributed by atoms with Gasteiger partial charge in [-0.3, -0.25) is 9.36 Å². The fraction of sp³-hybridized carbons (Fsp3) is 0.235. The fourth-order valence-electron chi connectivity index (χ4n) is 2.50. The van der Waals surface area contributed by atoms with Crippen LogP contribution in [0.5, 0.6) is 0 Å². The number of nitrogens with zero attached hydrogens (tertiary/aromatic N) is 5. The molecule has 0 N–H and O–H groups in total. The van der Waals surface area contributed by atoms with Crippen LogP contribution in [0.3, 0.4) is 0 Å². The summed E-state index contributed by atoms with van der Waals surface area (Å²) in [6.45, 7) is 1.47. The van der Waals surface area contributed by atoms with Crippen molar-refractivity contribution in [1.29, 1.82) is 5.26 Å². The van der Waals surface area contributed by atoms with Gasteiger partial charge in [0.1, 0.15) is 18.2 Å². The van der Waals surface area contributed by atoms with E-state index in [0.29, 0.717) is 0 Å². The molecular formula is C17H12F3N5O3. The zero-order chi connectivity index (χ0) is 20.5. The van der Waals surface area contributed by atoms with Crippen molar-refractivity contribution in [2.75, 3.05) is 0 Å². The van der Waals surface area contributed by atoms with Crippen molar-refractivity contribution in [3.05, 3.63) is 68.3 Å². The van der Waals surface area contributed by atoms with Gasteiger partial charge >= 0.3 is 11.9 Å². The maximum Gasteiger partial charge on any atom is 0.416 e. The second kappa shape index (κ2) is 7.15. The van der Waals surface area contributed by atoms with Crippen LogP contribution in [-0.4, -0.2) is 19.3 Å². The van der Waals surface area contributed by atoms with Crippen molar-refractivity contribution in [2.45, 2.75) is 26.2 Å². The highest BCUT2D eigenvalue weighted by molar-refractivity contribution is 5.55. The molecule has 3 rings (SSSR count). The number of nitriles is 1. The first-order valence-corrected chi connectivity index (χ1v) is 7.99. The van der Waals surface area contributed by atoms with Gasteiger partial charge in [0.05, 0.1) is 5.56 Å². The number of hydrogen-bond donors (Lipinski definition) is 0. The Labute approximate surface area is 155 Å². The molecule has 0 unspecified atom stereocenters. The molecule has 2 heterocycles. The predicted octanol–water partition coefficient (Wildman–Crippen LogP) is 2.02. The van der Waals surface area contributed by atoms with Crippen molar-refractivity contribution < 1.29 is 17.7 Å². The molecule has 144 valence electrons. The summed E-state index contributed by atoms with van der Waals surface area (Å²) in [4.78, 5) is 28.5. The van der Waals surface area contributed by atoms with E-state index in [4.69, 9.17) is 9.78 Å². The van der Waals surface area contributed by atoms with Crippen molar-refractivity contribution in [2.24, 2.45) is 0 Å². The summed E-state index contributed by atoms with van der Waals surface area (Å²) >= 11 is 0. The molecule has 0 saturated heterocycles. The van der Waals surface area contributed by atoms with E-state index in [9.17, 15) is 22.8 Å². The standard InChI is InChI=1S/C17H12F3N5O3/c1-2-24-8-11(7-21)15(26)25(16(24)27)9-13-22-14(23-28-13)10-4-3-5-12(6-10)17(18,19)20/h3-6,8H,2,9H2,1H3. The molecule has 11 heteroatoms. The van der Waals surface area contributed by atoms with Crippen molar-refractivity contribution in [3.8, 4) is 17.5 Å². The van der Waals surface area contributed by atoms with Gasteiger partial charge in [-0.25, -0.2) is 9.36 Å². The van der Waals surface area contributed by atoms with Crippen LogP contribution in [0.4, 0.5) is 13.2 Å². The summed E-state index contributed by atoms with van der Waals surface area (Å²) in [6, 6.07) is 6.05. The van der Waals surface area contributed by atoms with Crippen LogP contribution in [0.2, 0.25) is 0 Å². The monoisotopic (exact) mass is 391 g/mol. The third kappa shape index (κ3) is 3.57. The Kier molecular flexibility index (Phi) is 4.87. The minimum absolute atomic E-state index is 0.0638. The van der Waals surface area contributed by atoms with E-state index in [0.717, 1.165) is 22.9 Å². The number of hydrogen-bond acceptors (Lipinski definition) is 6. The van der Waals surface area contributed by atoms with Gasteiger partial charge in [0.2, 0.25) is 11.7 Å². The second-order valence-electron chi connectivity index (χ2n) is 5.70. The predicted molar refractivity (Wildman–Crippen MR) is 89.2 cm³/mol. The topological polar surface area (TPSA) is 107 Å². The molecule has 28 heavy (non-hydrogen) atoms. The smallest absolute Gasteiger partial charge is 0.337 e. The minimum Gasteiger partial charge on any atom is -0.337 e. The Morgan fingerprint density at radius 1 is 1.29 bits per heavy atom. The molecule has 1 aromatic carbocycles. The normalized spacial score (nSPS) is 11.4. The Balaban J connectivity index is 1.98. The SMILES string of the molecule is CCn1cc(C#N)c(=O)n(Cc2nc(-c3cccc(C(F)(F)F)c3)no2)c1=O. The fourth-order valence-corrected chi connectivity index (χ4v) is 2.50. The van der Waals surface area contributed by atoms with Crippen LogP contribution in [0.1, 0.15) is 23.9 Å². The van der Waals surface area contributed by atoms with Crippen LogP contribution in [0.25, 0.3) is 11.4 Å². The minimum atomic E-state index is -4.53. The van der Waals surface area contributed by atoms with Gasteiger partial charge in [0.25, 0.3) is 5.56 Å². The van der Waals surface area contributed by atoms with Crippen molar-refractivity contribution >= 4 is 0 Å². The first kappa shape index (κ1) is 19.1. The average Bonchev–Trinajstić information content (AvgIpc) is 3.13. The number of rotatable bonds is 4. The van der Waals surface area contributed by atoms with Crippen LogP contribution >= 0.6 is 0 Å². The van der Waals surface area contributed by atoms with Gasteiger partial charge in [-0.05, 0) is 19.1 Å². The Bertz CT molecular complexity index is 1180. The van der Waals surface area contributed by atoms with Crippen LogP contribution < -0.4 is 11.2 Å². The molecule has 0 amide bonds. The van der Waals surface area contributed by atoms with E-state index in [1.807, 2.05) is 0 Å². The molecule has 0 aliphatic rings. The largest absolute Gasteiger partial charge is 0.416 e. The van der Waals surface area contributed by atoms with E-state index in [1.54, 1.807) is 13.0 Å². The molecule has 2 aromatic heterocycles. The highest BCUT2D eigenvalue weighted by atomic mass is 19.4. The highest BCUT2D eigenvalue weighted by Crippen LogP contribution is 2.31. The summed E-state index contributed by atoms with van der Waals surface area (Å²) in [5.41, 5.74) is -2.55. The third-order valence-corrected chi connectivity index (χ3v) is 3.91. The number of aromatic nitrogens is 4. The molecule has 0 aliphatic carbocycles. The van der Waals surface area contributed by atoms with Gasteiger partial charge in [-0.15, -0.1) is 0 Å².